The van der Waals surface area contributed by atoms with E-state index in [2.05, 4.69) is 10.6 Å². The van der Waals surface area contributed by atoms with Gasteiger partial charge in [-0.15, -0.1) is 0 Å². The van der Waals surface area contributed by atoms with Gasteiger partial charge in [-0.1, -0.05) is 6.07 Å². The van der Waals surface area contributed by atoms with E-state index < -0.39 is 40.3 Å². The van der Waals surface area contributed by atoms with Crippen LogP contribution in [0.15, 0.2) is 47.4 Å². The van der Waals surface area contributed by atoms with Crippen molar-refractivity contribution in [2.45, 2.75) is 36.7 Å². The lowest BCUT2D eigenvalue weighted by Crippen LogP contribution is -2.62. The molecule has 0 aromatic heterocycles. The fourth-order valence-corrected chi connectivity index (χ4v) is 4.46. The monoisotopic (exact) mass is 467 g/mol. The Morgan fingerprint density at radius 1 is 1.09 bits per heavy atom. The number of hydrogen-bond acceptors (Lipinski definition) is 6. The van der Waals surface area contributed by atoms with Crippen LogP contribution in [0.4, 0.5) is 0 Å². The van der Waals surface area contributed by atoms with Crippen molar-refractivity contribution in [3.63, 3.8) is 0 Å². The number of nitrogens with zero attached hydrogens (tertiary/aromatic N) is 1. The van der Waals surface area contributed by atoms with Gasteiger partial charge < -0.3 is 9.87 Å². The summed E-state index contributed by atoms with van der Waals surface area (Å²) in [5.74, 6) is -2.67. The molecular weight excluding hydrogens is 446 g/mol. The van der Waals surface area contributed by atoms with E-state index in [-0.39, 0.29) is 36.4 Å². The zero-order chi connectivity index (χ0) is 23.9. The topological polar surface area (TPSA) is 136 Å². The summed E-state index contributed by atoms with van der Waals surface area (Å²) in [4.78, 5) is 63.9. The quantitative estimate of drug-likeness (QED) is 0.500. The maximum atomic E-state index is 13.1. The molecule has 5 amide bonds. The zero-order valence-corrected chi connectivity index (χ0v) is 18.8. The van der Waals surface area contributed by atoms with Crippen molar-refractivity contribution in [3.05, 3.63) is 64.7 Å². The molecule has 1 saturated heterocycles. The first kappa shape index (κ1) is 22.7. The van der Waals surface area contributed by atoms with Gasteiger partial charge in [0.05, 0.1) is 11.1 Å². The van der Waals surface area contributed by atoms with Gasteiger partial charge in [0.15, 0.2) is 4.90 Å². The molecule has 0 aliphatic carbocycles. The Hall–Kier alpha value is -3.50. The Morgan fingerprint density at radius 3 is 2.39 bits per heavy atom. The molecule has 0 saturated carbocycles. The maximum absolute atomic E-state index is 13.1. The summed E-state index contributed by atoms with van der Waals surface area (Å²) >= 11 is -1.14. The third-order valence-electron chi connectivity index (χ3n) is 5.93. The minimum absolute atomic E-state index is 0.0298. The summed E-state index contributed by atoms with van der Waals surface area (Å²) in [7, 11) is 0. The molecule has 0 radical (unpaired) electrons. The van der Waals surface area contributed by atoms with Crippen LogP contribution in [0, 0.1) is 0 Å². The molecule has 2 aromatic carbocycles. The third-order valence-corrected chi connectivity index (χ3v) is 6.86. The Labute approximate surface area is 192 Å². The maximum Gasteiger partial charge on any atom is 0.262 e. The Morgan fingerprint density at radius 2 is 1.76 bits per heavy atom. The van der Waals surface area contributed by atoms with Crippen molar-refractivity contribution in [1.82, 2.24) is 15.5 Å². The highest BCUT2D eigenvalue weighted by atomic mass is 32.2. The van der Waals surface area contributed by atoms with Gasteiger partial charge in [-0.25, -0.2) is 0 Å². The van der Waals surface area contributed by atoms with Crippen LogP contribution in [0.2, 0.25) is 0 Å². The number of carbonyl (C=O) groups is 5. The highest BCUT2D eigenvalue weighted by Gasteiger charge is 2.52. The van der Waals surface area contributed by atoms with E-state index in [1.807, 2.05) is 0 Å². The van der Waals surface area contributed by atoms with E-state index in [0.29, 0.717) is 16.0 Å². The van der Waals surface area contributed by atoms with Gasteiger partial charge in [-0.05, 0) is 66.5 Å². The van der Waals surface area contributed by atoms with Gasteiger partial charge in [0.2, 0.25) is 5.91 Å². The normalized spacial score (nSPS) is 21.0. The first-order valence-corrected chi connectivity index (χ1v) is 11.8. The Kier molecular flexibility index (Phi) is 5.81. The number of imide groups is 2. The minimum Gasteiger partial charge on any atom is -0.612 e. The highest BCUT2D eigenvalue weighted by molar-refractivity contribution is 7.90. The van der Waals surface area contributed by atoms with Crippen molar-refractivity contribution >= 4 is 40.7 Å². The third kappa shape index (κ3) is 4.03. The van der Waals surface area contributed by atoms with Crippen molar-refractivity contribution in [2.75, 3.05) is 6.26 Å². The molecule has 2 atom stereocenters. The lowest BCUT2D eigenvalue weighted by Gasteiger charge is -2.38. The van der Waals surface area contributed by atoms with Crippen LogP contribution in [0.3, 0.4) is 0 Å². The smallest absolute Gasteiger partial charge is 0.262 e. The summed E-state index contributed by atoms with van der Waals surface area (Å²) < 4.78 is 11.5. The molecule has 1 unspecified atom stereocenters. The fraction of sp³-hybridized carbons (Fsp3) is 0.261. The van der Waals surface area contributed by atoms with Crippen LogP contribution in [-0.2, 0) is 27.3 Å². The molecule has 2 aliphatic rings. The number of rotatable bonds is 5. The second kappa shape index (κ2) is 8.45. The number of amides is 5. The van der Waals surface area contributed by atoms with E-state index in [1.165, 1.54) is 19.1 Å². The minimum atomic E-state index is -1.45. The molecule has 2 N–H and O–H groups in total. The average molecular weight is 468 g/mol. The lowest BCUT2D eigenvalue weighted by molar-refractivity contribution is -0.140. The summed E-state index contributed by atoms with van der Waals surface area (Å²) in [6, 6.07) is 11.0. The second-order valence-corrected chi connectivity index (χ2v) is 9.52. The Bertz CT molecular complexity index is 1190. The summed E-state index contributed by atoms with van der Waals surface area (Å²) in [5, 5.41) is 4.94. The van der Waals surface area contributed by atoms with Crippen molar-refractivity contribution in [3.8, 4) is 0 Å². The van der Waals surface area contributed by atoms with Gasteiger partial charge in [-0.3, -0.25) is 34.2 Å². The fourth-order valence-electron chi connectivity index (χ4n) is 3.94. The molecular formula is C23H21N3O6S. The SMILES string of the molecule is C[S+]([O-])c1ccc(C(=O)NCc2ccc3c(c2)C(=O)N([C@@]2(C)CCC(=O)NC2=O)C3=O)cc1. The van der Waals surface area contributed by atoms with E-state index in [9.17, 15) is 28.5 Å². The standard InChI is InChI=1S/C23H21N3O6S/c1-23(10-9-18(27)25-22(23)31)26-20(29)16-8-3-13(11-17(16)21(26)30)12-24-19(28)14-4-6-15(7-5-14)33(2)32/h3-8,11H,9-10,12H2,1-2H3,(H,24,28)(H,25,27,31)/t23-,33?/m0/s1. The molecule has 2 aromatic rings. The predicted octanol–water partition coefficient (Wildman–Crippen LogP) is 1.15. The largest absolute Gasteiger partial charge is 0.612 e. The lowest BCUT2D eigenvalue weighted by atomic mass is 9.89. The van der Waals surface area contributed by atoms with Crippen LogP contribution in [-0.4, -0.2) is 50.8 Å². The van der Waals surface area contributed by atoms with E-state index in [1.54, 1.807) is 36.6 Å². The van der Waals surface area contributed by atoms with Crippen LogP contribution >= 0.6 is 0 Å². The van der Waals surface area contributed by atoms with Crippen LogP contribution in [0.25, 0.3) is 0 Å². The number of benzene rings is 2. The highest BCUT2D eigenvalue weighted by Crippen LogP contribution is 2.34. The molecule has 0 spiro atoms. The van der Waals surface area contributed by atoms with E-state index in [4.69, 9.17) is 0 Å². The second-order valence-electron chi connectivity index (χ2n) is 8.14. The van der Waals surface area contributed by atoms with Gasteiger partial charge >= 0.3 is 0 Å². The van der Waals surface area contributed by atoms with E-state index in [0.717, 1.165) is 4.90 Å². The molecule has 9 nitrogen and oxygen atoms in total. The number of fused-ring (bicyclic) bond motifs is 1. The summed E-state index contributed by atoms with van der Waals surface area (Å²) in [6.07, 6.45) is 1.63. The van der Waals surface area contributed by atoms with Gasteiger partial charge in [0.25, 0.3) is 23.6 Å². The molecule has 1 fully saturated rings. The predicted molar refractivity (Wildman–Crippen MR) is 118 cm³/mol. The number of piperidine rings is 1. The van der Waals surface area contributed by atoms with Gasteiger partial charge in [-0.2, -0.15) is 0 Å². The molecule has 2 aliphatic heterocycles. The Balaban J connectivity index is 1.49. The van der Waals surface area contributed by atoms with Gasteiger partial charge in [0, 0.05) is 18.5 Å². The molecule has 0 bridgehead atoms. The van der Waals surface area contributed by atoms with Crippen molar-refractivity contribution in [2.24, 2.45) is 0 Å². The molecule has 10 heteroatoms. The van der Waals surface area contributed by atoms with Crippen LogP contribution in [0.1, 0.15) is 56.4 Å². The molecule has 33 heavy (non-hydrogen) atoms. The average Bonchev–Trinajstić information content (AvgIpc) is 3.05. The van der Waals surface area contributed by atoms with Crippen LogP contribution in [0.5, 0.6) is 0 Å². The first-order chi connectivity index (χ1) is 15.6. The molecule has 4 rings (SSSR count). The molecule has 170 valence electrons. The van der Waals surface area contributed by atoms with E-state index >= 15 is 0 Å². The van der Waals surface area contributed by atoms with Crippen molar-refractivity contribution in [1.29, 1.82) is 0 Å². The zero-order valence-electron chi connectivity index (χ0n) is 18.0. The first-order valence-electron chi connectivity index (χ1n) is 10.2. The number of carbonyl (C=O) groups excluding carboxylic acids is 5. The van der Waals surface area contributed by atoms with Gasteiger partial charge in [0.1, 0.15) is 11.8 Å². The number of nitrogens with one attached hydrogen (secondary N) is 2. The molecule has 2 heterocycles. The number of hydrogen-bond donors (Lipinski definition) is 2. The summed E-state index contributed by atoms with van der Waals surface area (Å²) in [5.41, 5.74) is -0.140. The van der Waals surface area contributed by atoms with Crippen molar-refractivity contribution < 1.29 is 28.5 Å². The summed E-state index contributed by atoms with van der Waals surface area (Å²) in [6.45, 7) is 1.58. The van der Waals surface area contributed by atoms with Crippen LogP contribution < -0.4 is 10.6 Å².